The fourth-order valence-corrected chi connectivity index (χ4v) is 1.98. The molecule has 0 aliphatic carbocycles. The number of hydrogen-bond donors (Lipinski definition) is 0. The van der Waals surface area contributed by atoms with Crippen molar-refractivity contribution in [3.8, 4) is 22.7 Å². The molecule has 0 saturated carbocycles. The quantitative estimate of drug-likeness (QED) is 0.732. The summed E-state index contributed by atoms with van der Waals surface area (Å²) in [6.45, 7) is 8.66. The molecule has 3 aromatic heterocycles. The van der Waals surface area contributed by atoms with Crippen molar-refractivity contribution in [1.29, 1.82) is 0 Å². The molecule has 0 radical (unpaired) electrons. The van der Waals surface area contributed by atoms with E-state index in [9.17, 15) is 0 Å². The van der Waals surface area contributed by atoms with E-state index < -0.39 is 0 Å². The maximum Gasteiger partial charge on any atom is 0.229 e. The van der Waals surface area contributed by atoms with Crippen molar-refractivity contribution < 1.29 is 4.42 Å². The zero-order valence-corrected chi connectivity index (χ0v) is 12.1. The van der Waals surface area contributed by atoms with Gasteiger partial charge >= 0.3 is 0 Å². The van der Waals surface area contributed by atoms with Crippen LogP contribution in [0.3, 0.4) is 0 Å². The average Bonchev–Trinajstić information content (AvgIpc) is 3.16. The number of oxazole rings is 1. The van der Waals surface area contributed by atoms with Crippen LogP contribution in [0.5, 0.6) is 0 Å². The van der Waals surface area contributed by atoms with Gasteiger partial charge in [0.2, 0.25) is 5.89 Å². The molecule has 3 heterocycles. The Labute approximate surface area is 123 Å². The second-order valence-electron chi connectivity index (χ2n) is 4.84. The second kappa shape index (κ2) is 5.36. The lowest BCUT2D eigenvalue weighted by molar-refractivity contribution is 0.574. The number of aryl methyl sites for hydroxylation is 1. The largest absolute Gasteiger partial charge is 0.444 e. The van der Waals surface area contributed by atoms with Crippen LogP contribution in [0, 0.1) is 0 Å². The lowest BCUT2D eigenvalue weighted by atomic mass is 10.1. The van der Waals surface area contributed by atoms with Gasteiger partial charge in [-0.05, 0) is 31.6 Å². The third kappa shape index (κ3) is 2.63. The topological polar surface area (TPSA) is 56.7 Å². The summed E-state index contributed by atoms with van der Waals surface area (Å²) in [7, 11) is 0. The van der Waals surface area contributed by atoms with Crippen LogP contribution in [0.25, 0.3) is 28.3 Å². The maximum atomic E-state index is 5.53. The van der Waals surface area contributed by atoms with Crippen LogP contribution in [0.4, 0.5) is 0 Å². The van der Waals surface area contributed by atoms with Gasteiger partial charge in [-0.15, -0.1) is 0 Å². The van der Waals surface area contributed by atoms with Crippen molar-refractivity contribution in [3.05, 3.63) is 49.3 Å². The van der Waals surface area contributed by atoms with E-state index in [1.54, 1.807) is 18.7 Å². The van der Waals surface area contributed by atoms with E-state index in [1.807, 2.05) is 36.9 Å². The van der Waals surface area contributed by atoms with E-state index in [0.29, 0.717) is 5.89 Å². The van der Waals surface area contributed by atoms with E-state index >= 15 is 0 Å². The van der Waals surface area contributed by atoms with Gasteiger partial charge in [0.15, 0.2) is 0 Å². The highest BCUT2D eigenvalue weighted by Gasteiger charge is 2.10. The van der Waals surface area contributed by atoms with Crippen molar-refractivity contribution in [1.82, 2.24) is 19.7 Å². The first kappa shape index (κ1) is 13.3. The summed E-state index contributed by atoms with van der Waals surface area (Å²) < 4.78 is 7.37. The minimum absolute atomic E-state index is 0.564. The van der Waals surface area contributed by atoms with E-state index in [-0.39, 0.29) is 0 Å². The molecule has 3 rings (SSSR count). The van der Waals surface area contributed by atoms with Gasteiger partial charge < -0.3 is 4.42 Å². The summed E-state index contributed by atoms with van der Waals surface area (Å²) in [4.78, 5) is 8.85. The van der Waals surface area contributed by atoms with Gasteiger partial charge in [-0.1, -0.05) is 6.58 Å². The van der Waals surface area contributed by atoms with Gasteiger partial charge in [-0.3, -0.25) is 9.67 Å². The van der Waals surface area contributed by atoms with Crippen LogP contribution in [-0.4, -0.2) is 19.7 Å². The van der Waals surface area contributed by atoms with Crippen LogP contribution in [0.15, 0.2) is 48.0 Å². The third-order valence-electron chi connectivity index (χ3n) is 3.20. The van der Waals surface area contributed by atoms with Crippen molar-refractivity contribution in [3.63, 3.8) is 0 Å². The molecule has 0 bridgehead atoms. The third-order valence-corrected chi connectivity index (χ3v) is 3.20. The van der Waals surface area contributed by atoms with Crippen molar-refractivity contribution in [2.75, 3.05) is 0 Å². The number of allylic oxidation sites excluding steroid dienone is 1. The van der Waals surface area contributed by atoms with Crippen LogP contribution < -0.4 is 0 Å². The minimum atomic E-state index is 0.564. The Bertz CT molecular complexity index is 768. The first-order valence-electron chi connectivity index (χ1n) is 6.78. The number of aromatic nitrogens is 4. The minimum Gasteiger partial charge on any atom is -0.444 e. The second-order valence-corrected chi connectivity index (χ2v) is 4.84. The summed E-state index contributed by atoms with van der Waals surface area (Å²) >= 11 is 0. The molecule has 0 aromatic carbocycles. The summed E-state index contributed by atoms with van der Waals surface area (Å²) in [5.41, 5.74) is 4.36. The standard InChI is InChI=1S/C16H16N4O/c1-4-20-9-13(8-18-20)16-19-15(10-21-16)12-5-6-14(11(2)3)17-7-12/h5-10H,2,4H2,1,3H3. The molecule has 0 saturated heterocycles. The fraction of sp³-hybridized carbons (Fsp3) is 0.188. The predicted octanol–water partition coefficient (Wildman–Crippen LogP) is 3.65. The predicted molar refractivity (Wildman–Crippen MR) is 81.3 cm³/mol. The fourth-order valence-electron chi connectivity index (χ4n) is 1.98. The van der Waals surface area contributed by atoms with Gasteiger partial charge in [0, 0.05) is 24.5 Å². The van der Waals surface area contributed by atoms with E-state index in [1.165, 1.54) is 0 Å². The normalized spacial score (nSPS) is 10.8. The lowest BCUT2D eigenvalue weighted by Crippen LogP contribution is -1.91. The molecule has 5 nitrogen and oxygen atoms in total. The Balaban J connectivity index is 1.88. The molecule has 5 heteroatoms. The summed E-state index contributed by atoms with van der Waals surface area (Å²) in [5.74, 6) is 0.564. The first-order valence-corrected chi connectivity index (χ1v) is 6.78. The highest BCUT2D eigenvalue weighted by molar-refractivity contribution is 5.64. The molecule has 106 valence electrons. The van der Waals surface area contributed by atoms with Gasteiger partial charge in [0.25, 0.3) is 0 Å². The van der Waals surface area contributed by atoms with Crippen LogP contribution >= 0.6 is 0 Å². The molecule has 21 heavy (non-hydrogen) atoms. The molecule has 0 atom stereocenters. The Morgan fingerprint density at radius 1 is 1.29 bits per heavy atom. The monoisotopic (exact) mass is 280 g/mol. The molecule has 0 spiro atoms. The van der Waals surface area contributed by atoms with E-state index in [4.69, 9.17) is 4.42 Å². The van der Waals surface area contributed by atoms with E-state index in [0.717, 1.165) is 34.6 Å². The van der Waals surface area contributed by atoms with Gasteiger partial charge in [0.1, 0.15) is 12.0 Å². The van der Waals surface area contributed by atoms with Gasteiger partial charge in [-0.2, -0.15) is 5.10 Å². The number of hydrogen-bond acceptors (Lipinski definition) is 4. The summed E-state index contributed by atoms with van der Waals surface area (Å²) in [5, 5.41) is 4.22. The first-order chi connectivity index (χ1) is 10.2. The van der Waals surface area contributed by atoms with Gasteiger partial charge in [0.05, 0.1) is 17.5 Å². The van der Waals surface area contributed by atoms with Crippen LogP contribution in [0.2, 0.25) is 0 Å². The van der Waals surface area contributed by atoms with Crippen molar-refractivity contribution in [2.45, 2.75) is 20.4 Å². The molecular formula is C16H16N4O. The Hall–Kier alpha value is -2.69. The van der Waals surface area contributed by atoms with Crippen molar-refractivity contribution >= 4 is 5.57 Å². The summed E-state index contributed by atoms with van der Waals surface area (Å²) in [6.07, 6.45) is 7.08. The Morgan fingerprint density at radius 3 is 2.76 bits per heavy atom. The Kier molecular flexibility index (Phi) is 3.39. The SMILES string of the molecule is C=C(C)c1ccc(-c2coc(-c3cnn(CC)c3)n2)cn1. The lowest BCUT2D eigenvalue weighted by Gasteiger charge is -1.99. The number of rotatable bonds is 4. The maximum absolute atomic E-state index is 5.53. The smallest absolute Gasteiger partial charge is 0.229 e. The zero-order chi connectivity index (χ0) is 14.8. The molecule has 0 aliphatic rings. The highest BCUT2D eigenvalue weighted by Crippen LogP contribution is 2.24. The van der Waals surface area contributed by atoms with Crippen molar-refractivity contribution in [2.24, 2.45) is 0 Å². The average molecular weight is 280 g/mol. The molecule has 0 aliphatic heterocycles. The summed E-state index contributed by atoms with van der Waals surface area (Å²) in [6, 6.07) is 3.90. The molecule has 0 unspecified atom stereocenters. The van der Waals surface area contributed by atoms with Gasteiger partial charge in [-0.25, -0.2) is 4.98 Å². The van der Waals surface area contributed by atoms with Crippen LogP contribution in [0.1, 0.15) is 19.5 Å². The Morgan fingerprint density at radius 2 is 2.14 bits per heavy atom. The molecule has 3 aromatic rings. The molecule has 0 amide bonds. The number of pyridine rings is 1. The number of nitrogens with zero attached hydrogens (tertiary/aromatic N) is 4. The molecule has 0 fully saturated rings. The molecular weight excluding hydrogens is 264 g/mol. The highest BCUT2D eigenvalue weighted by atomic mass is 16.3. The van der Waals surface area contributed by atoms with Crippen LogP contribution in [-0.2, 0) is 6.54 Å². The van der Waals surface area contributed by atoms with E-state index in [2.05, 4.69) is 21.6 Å². The zero-order valence-electron chi connectivity index (χ0n) is 12.1. The molecule has 0 N–H and O–H groups in total.